The highest BCUT2D eigenvalue weighted by molar-refractivity contribution is 6.02. The van der Waals surface area contributed by atoms with Gasteiger partial charge in [0, 0.05) is 34.0 Å². The topological polar surface area (TPSA) is 6.48 Å². The Morgan fingerprint density at radius 1 is 0.254 bits per heavy atom. The number of benzene rings is 10. The van der Waals surface area contributed by atoms with Crippen LogP contribution in [0.3, 0.4) is 0 Å². The molecule has 1 spiro atoms. The summed E-state index contributed by atoms with van der Waals surface area (Å²) in [4.78, 5) is 4.85. The van der Waals surface area contributed by atoms with E-state index in [1.165, 1.54) is 71.7 Å². The monoisotopic (exact) mass is 750 g/mol. The van der Waals surface area contributed by atoms with Crippen LogP contribution < -0.4 is 9.80 Å². The van der Waals surface area contributed by atoms with Gasteiger partial charge in [-0.3, -0.25) is 0 Å². The molecule has 0 N–H and O–H groups in total. The maximum atomic E-state index is 2.45. The Morgan fingerprint density at radius 2 is 0.712 bits per heavy atom. The zero-order valence-electron chi connectivity index (χ0n) is 32.3. The van der Waals surface area contributed by atoms with Gasteiger partial charge in [-0.05, 0) is 127 Å². The number of para-hydroxylation sites is 2. The molecule has 1 unspecified atom stereocenters. The molecule has 0 saturated heterocycles. The maximum Gasteiger partial charge on any atom is 0.0726 e. The highest BCUT2D eigenvalue weighted by Gasteiger charge is 2.52. The van der Waals surface area contributed by atoms with Crippen molar-refractivity contribution in [3.8, 4) is 22.3 Å². The van der Waals surface area contributed by atoms with E-state index >= 15 is 0 Å². The fourth-order valence-corrected chi connectivity index (χ4v) is 10.1. The molecule has 59 heavy (non-hydrogen) atoms. The molecule has 0 radical (unpaired) electrons. The predicted molar refractivity (Wildman–Crippen MR) is 247 cm³/mol. The fraction of sp³-hybridized carbons (Fsp3) is 0.0175. The number of nitrogens with zero attached hydrogens (tertiary/aromatic N) is 2. The third-order valence-electron chi connectivity index (χ3n) is 12.6. The van der Waals surface area contributed by atoms with E-state index in [0.717, 1.165) is 28.4 Å². The lowest BCUT2D eigenvalue weighted by molar-refractivity contribution is 0.793. The summed E-state index contributed by atoms with van der Waals surface area (Å²) in [7, 11) is 0. The highest BCUT2D eigenvalue weighted by Crippen LogP contribution is 2.65. The van der Waals surface area contributed by atoms with Crippen molar-refractivity contribution in [1.82, 2.24) is 0 Å². The first-order valence-corrected chi connectivity index (χ1v) is 20.4. The minimum atomic E-state index is -0.501. The summed E-state index contributed by atoms with van der Waals surface area (Å²) in [5, 5.41) is 4.91. The molecule has 0 aliphatic heterocycles. The van der Waals surface area contributed by atoms with Crippen molar-refractivity contribution in [2.24, 2.45) is 0 Å². The summed E-state index contributed by atoms with van der Waals surface area (Å²) in [6.45, 7) is 0. The van der Waals surface area contributed by atoms with E-state index in [1.54, 1.807) is 0 Å². The van der Waals surface area contributed by atoms with Gasteiger partial charge in [0.25, 0.3) is 0 Å². The normalized spacial score (nSPS) is 14.5. The van der Waals surface area contributed by atoms with Crippen LogP contribution in [-0.4, -0.2) is 0 Å². The molecule has 0 fully saturated rings. The van der Waals surface area contributed by atoms with Gasteiger partial charge in [0.05, 0.1) is 11.1 Å². The van der Waals surface area contributed by atoms with Crippen molar-refractivity contribution >= 4 is 55.7 Å². The van der Waals surface area contributed by atoms with E-state index < -0.39 is 5.41 Å². The third kappa shape index (κ3) is 5.00. The van der Waals surface area contributed by atoms with Crippen LogP contribution in [0.4, 0.5) is 34.1 Å². The smallest absolute Gasteiger partial charge is 0.0726 e. The zero-order chi connectivity index (χ0) is 38.9. The van der Waals surface area contributed by atoms with Crippen LogP contribution >= 0.6 is 0 Å². The maximum absolute atomic E-state index is 2.45. The molecule has 0 heterocycles. The van der Waals surface area contributed by atoms with Crippen LogP contribution in [0.15, 0.2) is 231 Å². The van der Waals surface area contributed by atoms with Crippen LogP contribution in [0.2, 0.25) is 0 Å². The summed E-state index contributed by atoms with van der Waals surface area (Å²) in [6.07, 6.45) is 0. The zero-order valence-corrected chi connectivity index (χ0v) is 32.3. The summed E-state index contributed by atoms with van der Waals surface area (Å²) in [6, 6.07) is 84.8. The average Bonchev–Trinajstić information content (AvgIpc) is 3.77. The third-order valence-corrected chi connectivity index (χ3v) is 12.6. The van der Waals surface area contributed by atoms with Crippen LogP contribution in [0, 0.1) is 0 Å². The molecule has 0 saturated carbocycles. The second-order valence-electron chi connectivity index (χ2n) is 15.7. The minimum absolute atomic E-state index is 0.501. The number of hydrogen-bond donors (Lipinski definition) is 0. The summed E-state index contributed by atoms with van der Waals surface area (Å²) in [5.74, 6) is 0. The van der Waals surface area contributed by atoms with Gasteiger partial charge >= 0.3 is 0 Å². The molecule has 276 valence electrons. The lowest BCUT2D eigenvalue weighted by Gasteiger charge is -2.32. The SMILES string of the molecule is c1ccc(N(c2ccc3c(c2)-c2ccccc2C32c3ccccc3-c3c(N(c4ccccc4)c4ccc5ccccc5c4)cccc32)c2ccc3ccccc3c2)cc1. The van der Waals surface area contributed by atoms with Crippen molar-refractivity contribution < 1.29 is 0 Å². The van der Waals surface area contributed by atoms with E-state index in [2.05, 4.69) is 240 Å². The van der Waals surface area contributed by atoms with E-state index in [0.29, 0.717) is 0 Å². The number of fused-ring (bicyclic) bond motifs is 12. The molecule has 0 aromatic heterocycles. The predicted octanol–water partition coefficient (Wildman–Crippen LogP) is 15.3. The lowest BCUT2D eigenvalue weighted by atomic mass is 9.70. The van der Waals surface area contributed by atoms with Crippen LogP contribution in [-0.2, 0) is 5.41 Å². The van der Waals surface area contributed by atoms with Gasteiger partial charge in [-0.2, -0.15) is 0 Å². The second-order valence-corrected chi connectivity index (χ2v) is 15.7. The number of hydrogen-bond acceptors (Lipinski definition) is 2. The standard InChI is InChI=1S/C57H38N2/c1-3-20-43(21-4-1)58(45-32-30-39-16-7-9-18-41(39)36-45)47-34-35-53-50(38-47)48-24-11-13-26-51(48)57(53)52-27-14-12-25-49(52)56-54(57)28-15-29-55(56)59(44-22-5-2-6-23-44)46-33-31-40-17-8-10-19-42(40)37-46/h1-38H. The first kappa shape index (κ1) is 33.5. The Hall–Kier alpha value is -7.68. The Balaban J connectivity index is 1.10. The molecule has 1 atom stereocenters. The van der Waals surface area contributed by atoms with Crippen molar-refractivity contribution in [3.63, 3.8) is 0 Å². The molecule has 12 rings (SSSR count). The molecule has 2 heteroatoms. The van der Waals surface area contributed by atoms with Crippen LogP contribution in [0.1, 0.15) is 22.3 Å². The van der Waals surface area contributed by atoms with E-state index in [9.17, 15) is 0 Å². The van der Waals surface area contributed by atoms with Crippen LogP contribution in [0.5, 0.6) is 0 Å². The molecule has 0 bridgehead atoms. The summed E-state index contributed by atoms with van der Waals surface area (Å²) >= 11 is 0. The van der Waals surface area contributed by atoms with Crippen LogP contribution in [0.25, 0.3) is 43.8 Å². The van der Waals surface area contributed by atoms with Crippen molar-refractivity contribution in [2.75, 3.05) is 9.80 Å². The number of anilines is 6. The largest absolute Gasteiger partial charge is 0.310 e. The molecule has 10 aromatic carbocycles. The highest BCUT2D eigenvalue weighted by atomic mass is 15.1. The van der Waals surface area contributed by atoms with Gasteiger partial charge in [0.1, 0.15) is 0 Å². The van der Waals surface area contributed by atoms with E-state index in [-0.39, 0.29) is 0 Å². The van der Waals surface area contributed by atoms with Crippen molar-refractivity contribution in [3.05, 3.63) is 253 Å². The van der Waals surface area contributed by atoms with Crippen molar-refractivity contribution in [2.45, 2.75) is 5.41 Å². The van der Waals surface area contributed by atoms with E-state index in [4.69, 9.17) is 0 Å². The lowest BCUT2D eigenvalue weighted by Crippen LogP contribution is -2.26. The summed E-state index contributed by atoms with van der Waals surface area (Å²) < 4.78 is 0. The molecular weight excluding hydrogens is 713 g/mol. The van der Waals surface area contributed by atoms with Gasteiger partial charge < -0.3 is 9.80 Å². The Morgan fingerprint density at radius 3 is 1.37 bits per heavy atom. The van der Waals surface area contributed by atoms with Gasteiger partial charge in [0.15, 0.2) is 0 Å². The quantitative estimate of drug-likeness (QED) is 0.167. The first-order valence-electron chi connectivity index (χ1n) is 20.4. The van der Waals surface area contributed by atoms with Gasteiger partial charge in [-0.15, -0.1) is 0 Å². The van der Waals surface area contributed by atoms with E-state index in [1.807, 2.05) is 0 Å². The van der Waals surface area contributed by atoms with Gasteiger partial charge in [-0.1, -0.05) is 164 Å². The Labute approximate surface area is 344 Å². The Kier molecular flexibility index (Phi) is 7.48. The molecule has 2 nitrogen and oxygen atoms in total. The summed E-state index contributed by atoms with van der Waals surface area (Å²) in [5.41, 5.74) is 16.7. The second kappa shape index (κ2) is 13.2. The molecule has 2 aliphatic rings. The molecule has 2 aliphatic carbocycles. The fourth-order valence-electron chi connectivity index (χ4n) is 10.1. The average molecular weight is 751 g/mol. The van der Waals surface area contributed by atoms with Gasteiger partial charge in [-0.25, -0.2) is 0 Å². The molecular formula is C57H38N2. The molecule has 0 amide bonds. The van der Waals surface area contributed by atoms with Crippen molar-refractivity contribution in [1.29, 1.82) is 0 Å². The Bertz CT molecular complexity index is 3240. The molecule has 10 aromatic rings. The first-order chi connectivity index (χ1) is 29.3. The number of rotatable bonds is 6. The van der Waals surface area contributed by atoms with Gasteiger partial charge in [0.2, 0.25) is 0 Å². The minimum Gasteiger partial charge on any atom is -0.310 e.